The highest BCUT2D eigenvalue weighted by molar-refractivity contribution is 7.89. The molecule has 1 aromatic rings. The summed E-state index contributed by atoms with van der Waals surface area (Å²) >= 11 is 0. The fourth-order valence-corrected chi connectivity index (χ4v) is 2.04. The average Bonchev–Trinajstić information content (AvgIpc) is 3.09. The number of nitrogens with one attached hydrogen (secondary N) is 2. The molecule has 0 spiro atoms. The van der Waals surface area contributed by atoms with Crippen LogP contribution in [0.5, 0.6) is 0 Å². The summed E-state index contributed by atoms with van der Waals surface area (Å²) in [6.45, 7) is 0.226. The monoisotopic (exact) mass is 269 g/mol. The van der Waals surface area contributed by atoms with Crippen molar-refractivity contribution in [2.24, 2.45) is 5.14 Å². The third-order valence-electron chi connectivity index (χ3n) is 2.57. The van der Waals surface area contributed by atoms with Gasteiger partial charge in [-0.1, -0.05) is 6.07 Å². The van der Waals surface area contributed by atoms with E-state index in [9.17, 15) is 13.2 Å². The maximum absolute atomic E-state index is 11.6. The van der Waals surface area contributed by atoms with Gasteiger partial charge in [-0.15, -0.1) is 0 Å². The van der Waals surface area contributed by atoms with Crippen molar-refractivity contribution in [3.05, 3.63) is 24.3 Å². The molecule has 1 saturated carbocycles. The molecule has 1 amide bonds. The van der Waals surface area contributed by atoms with Gasteiger partial charge in [-0.2, -0.15) is 0 Å². The fourth-order valence-electron chi connectivity index (χ4n) is 1.48. The Labute approximate surface area is 106 Å². The van der Waals surface area contributed by atoms with E-state index in [1.54, 1.807) is 6.07 Å². The standard InChI is InChI=1S/C11H15N3O3S/c12-18(16,17)10-3-1-2-9(6-10)14-11(15)7-13-8-4-5-8/h1-3,6,8,13H,4-5,7H2,(H,14,15)(H2,12,16,17). The van der Waals surface area contributed by atoms with Crippen molar-refractivity contribution in [1.29, 1.82) is 0 Å². The Morgan fingerprint density at radius 2 is 2.11 bits per heavy atom. The van der Waals surface area contributed by atoms with Crippen LogP contribution in [-0.4, -0.2) is 26.9 Å². The normalized spacial score (nSPS) is 15.4. The Kier molecular flexibility index (Phi) is 3.65. The van der Waals surface area contributed by atoms with Crippen LogP contribution in [0.3, 0.4) is 0 Å². The van der Waals surface area contributed by atoms with Gasteiger partial charge in [0.15, 0.2) is 0 Å². The zero-order chi connectivity index (χ0) is 13.2. The van der Waals surface area contributed by atoms with E-state index in [-0.39, 0.29) is 17.3 Å². The molecule has 1 aliphatic carbocycles. The number of hydrogen-bond acceptors (Lipinski definition) is 4. The summed E-state index contributed by atoms with van der Waals surface area (Å²) in [5.41, 5.74) is 0.420. The average molecular weight is 269 g/mol. The van der Waals surface area contributed by atoms with Gasteiger partial charge in [0, 0.05) is 11.7 Å². The van der Waals surface area contributed by atoms with Crippen molar-refractivity contribution in [3.63, 3.8) is 0 Å². The molecule has 0 saturated heterocycles. The third-order valence-corrected chi connectivity index (χ3v) is 3.49. The number of sulfonamides is 1. The first-order chi connectivity index (χ1) is 8.45. The molecule has 0 heterocycles. The van der Waals surface area contributed by atoms with Crippen molar-refractivity contribution in [3.8, 4) is 0 Å². The Hall–Kier alpha value is -1.44. The van der Waals surface area contributed by atoms with E-state index in [2.05, 4.69) is 10.6 Å². The topological polar surface area (TPSA) is 101 Å². The molecule has 2 rings (SSSR count). The van der Waals surface area contributed by atoms with Crippen LogP contribution in [0.1, 0.15) is 12.8 Å². The van der Waals surface area contributed by atoms with E-state index in [4.69, 9.17) is 5.14 Å². The molecule has 0 atom stereocenters. The number of hydrogen-bond donors (Lipinski definition) is 3. The summed E-state index contributed by atoms with van der Waals surface area (Å²) < 4.78 is 22.3. The van der Waals surface area contributed by atoms with Crippen LogP contribution in [0.25, 0.3) is 0 Å². The predicted molar refractivity (Wildman–Crippen MR) is 67.5 cm³/mol. The van der Waals surface area contributed by atoms with Crippen molar-refractivity contribution < 1.29 is 13.2 Å². The van der Waals surface area contributed by atoms with Crippen molar-refractivity contribution in [2.75, 3.05) is 11.9 Å². The molecule has 1 aromatic carbocycles. The molecular formula is C11H15N3O3S. The Bertz CT molecular complexity index is 552. The lowest BCUT2D eigenvalue weighted by atomic mass is 10.3. The van der Waals surface area contributed by atoms with Crippen LogP contribution < -0.4 is 15.8 Å². The lowest BCUT2D eigenvalue weighted by Crippen LogP contribution is -2.29. The number of rotatable bonds is 5. The maximum Gasteiger partial charge on any atom is 0.238 e. The number of anilines is 1. The van der Waals surface area contributed by atoms with Crippen molar-refractivity contribution in [2.45, 2.75) is 23.8 Å². The van der Waals surface area contributed by atoms with Crippen LogP contribution in [0.2, 0.25) is 0 Å². The minimum atomic E-state index is -3.74. The largest absolute Gasteiger partial charge is 0.325 e. The molecule has 0 aliphatic heterocycles. The zero-order valence-corrected chi connectivity index (χ0v) is 10.5. The SMILES string of the molecule is NS(=O)(=O)c1cccc(NC(=O)CNC2CC2)c1. The van der Waals surface area contributed by atoms with Crippen molar-refractivity contribution >= 4 is 21.6 Å². The Balaban J connectivity index is 1.97. The summed E-state index contributed by atoms with van der Waals surface area (Å²) in [5, 5.41) is 10.7. The summed E-state index contributed by atoms with van der Waals surface area (Å²) in [5.74, 6) is -0.200. The van der Waals surface area contributed by atoms with Gasteiger partial charge in [0.05, 0.1) is 11.4 Å². The van der Waals surface area contributed by atoms with Crippen LogP contribution in [-0.2, 0) is 14.8 Å². The molecule has 4 N–H and O–H groups in total. The summed E-state index contributed by atoms with van der Waals surface area (Å²) in [7, 11) is -3.74. The minimum Gasteiger partial charge on any atom is -0.325 e. The first-order valence-electron chi connectivity index (χ1n) is 5.61. The van der Waals surface area contributed by atoms with Gasteiger partial charge in [0.25, 0.3) is 0 Å². The Morgan fingerprint density at radius 3 is 2.72 bits per heavy atom. The number of amides is 1. The first kappa shape index (κ1) is 13.0. The smallest absolute Gasteiger partial charge is 0.238 e. The number of nitrogens with two attached hydrogens (primary N) is 1. The van der Waals surface area contributed by atoms with Gasteiger partial charge >= 0.3 is 0 Å². The summed E-state index contributed by atoms with van der Waals surface area (Å²) in [6, 6.07) is 6.32. The Morgan fingerprint density at radius 1 is 1.39 bits per heavy atom. The van der Waals surface area contributed by atoms with Crippen molar-refractivity contribution in [1.82, 2.24) is 5.32 Å². The first-order valence-corrected chi connectivity index (χ1v) is 7.16. The van der Waals surface area contributed by atoms with Crippen LogP contribution in [0, 0.1) is 0 Å². The zero-order valence-electron chi connectivity index (χ0n) is 9.72. The van der Waals surface area contributed by atoms with Gasteiger partial charge in [0.2, 0.25) is 15.9 Å². The quantitative estimate of drug-likeness (QED) is 0.701. The molecule has 0 unspecified atom stereocenters. The maximum atomic E-state index is 11.6. The fraction of sp³-hybridized carbons (Fsp3) is 0.364. The highest BCUT2D eigenvalue weighted by Crippen LogP contribution is 2.18. The second kappa shape index (κ2) is 5.05. The van der Waals surface area contributed by atoms with Crippen LogP contribution in [0.4, 0.5) is 5.69 Å². The molecule has 0 radical (unpaired) electrons. The molecular weight excluding hydrogens is 254 g/mol. The molecule has 6 nitrogen and oxygen atoms in total. The van der Waals surface area contributed by atoms with E-state index < -0.39 is 10.0 Å². The number of carbonyl (C=O) groups excluding carboxylic acids is 1. The number of carbonyl (C=O) groups is 1. The number of benzene rings is 1. The number of primary sulfonamides is 1. The van der Waals surface area contributed by atoms with E-state index in [0.717, 1.165) is 12.8 Å². The van der Waals surface area contributed by atoms with Crippen LogP contribution in [0.15, 0.2) is 29.2 Å². The third kappa shape index (κ3) is 3.80. The van der Waals surface area contributed by atoms with Gasteiger partial charge in [-0.25, -0.2) is 13.6 Å². The highest BCUT2D eigenvalue weighted by atomic mass is 32.2. The lowest BCUT2D eigenvalue weighted by molar-refractivity contribution is -0.115. The second-order valence-electron chi connectivity index (χ2n) is 4.28. The van der Waals surface area contributed by atoms with Gasteiger partial charge in [-0.3, -0.25) is 4.79 Å². The molecule has 1 fully saturated rings. The van der Waals surface area contributed by atoms with E-state index in [0.29, 0.717) is 11.7 Å². The highest BCUT2D eigenvalue weighted by Gasteiger charge is 2.21. The molecule has 98 valence electrons. The molecule has 18 heavy (non-hydrogen) atoms. The molecule has 1 aliphatic rings. The van der Waals surface area contributed by atoms with E-state index in [1.165, 1.54) is 18.2 Å². The molecule has 7 heteroatoms. The molecule has 0 aromatic heterocycles. The van der Waals surface area contributed by atoms with Crippen LogP contribution >= 0.6 is 0 Å². The van der Waals surface area contributed by atoms with Gasteiger partial charge in [0.1, 0.15) is 0 Å². The predicted octanol–water partition coefficient (Wildman–Crippen LogP) is 0.0245. The lowest BCUT2D eigenvalue weighted by Gasteiger charge is -2.07. The van der Waals surface area contributed by atoms with E-state index >= 15 is 0 Å². The molecule has 0 bridgehead atoms. The summed E-state index contributed by atoms with van der Waals surface area (Å²) in [6.07, 6.45) is 2.21. The summed E-state index contributed by atoms with van der Waals surface area (Å²) in [4.78, 5) is 11.5. The van der Waals surface area contributed by atoms with E-state index in [1.807, 2.05) is 0 Å². The van der Waals surface area contributed by atoms with Gasteiger partial charge in [-0.05, 0) is 31.0 Å². The minimum absolute atomic E-state index is 0.0181. The van der Waals surface area contributed by atoms with Gasteiger partial charge < -0.3 is 10.6 Å². The second-order valence-corrected chi connectivity index (χ2v) is 5.84.